The highest BCUT2D eigenvalue weighted by molar-refractivity contribution is 7.22. The zero-order valence-electron chi connectivity index (χ0n) is 14.4. The molecule has 28 heavy (non-hydrogen) atoms. The Morgan fingerprint density at radius 1 is 0.857 bits per heavy atom. The van der Waals surface area contributed by atoms with Crippen molar-refractivity contribution in [1.82, 2.24) is 4.98 Å². The fraction of sp³-hybridized carbons (Fsp3) is 0. The lowest BCUT2D eigenvalue weighted by Gasteiger charge is -2.09. The first kappa shape index (κ1) is 17.9. The van der Waals surface area contributed by atoms with E-state index in [1.807, 2.05) is 36.4 Å². The molecule has 0 saturated heterocycles. The zero-order valence-corrected chi connectivity index (χ0v) is 15.2. The van der Waals surface area contributed by atoms with Crippen molar-refractivity contribution in [2.75, 3.05) is 16.0 Å². The van der Waals surface area contributed by atoms with E-state index in [-0.39, 0.29) is 0 Å². The first-order chi connectivity index (χ1) is 13.6. The van der Waals surface area contributed by atoms with E-state index in [4.69, 9.17) is 0 Å². The Kier molecular flexibility index (Phi) is 4.86. The standard InChI is InChI=1S/C20H14F2N4OS/c21-13-8-4-9-14(22)17(13)26-19(27)24-15-10-5-11-16-18(15)28-20(25-16)23-12-6-2-1-3-7-12/h1-11H,(H,23,25)(H2,24,26,27). The van der Waals surface area contributed by atoms with Gasteiger partial charge >= 0.3 is 6.03 Å². The molecular formula is C20H14F2N4OS. The molecule has 0 bridgehead atoms. The number of carbonyl (C=O) groups is 1. The minimum atomic E-state index is -0.847. The third-order valence-corrected chi connectivity index (χ3v) is 4.91. The Morgan fingerprint density at radius 2 is 1.57 bits per heavy atom. The Bertz CT molecular complexity index is 1130. The molecule has 140 valence electrons. The highest BCUT2D eigenvalue weighted by atomic mass is 32.1. The second-order valence-corrected chi connectivity index (χ2v) is 6.84. The maximum atomic E-state index is 13.7. The van der Waals surface area contributed by atoms with Crippen LogP contribution in [0.4, 0.5) is 35.8 Å². The molecule has 4 rings (SSSR count). The molecule has 0 atom stereocenters. The molecule has 3 N–H and O–H groups in total. The van der Waals surface area contributed by atoms with Gasteiger partial charge in [0.15, 0.2) is 5.13 Å². The summed E-state index contributed by atoms with van der Waals surface area (Å²) in [6.07, 6.45) is 0. The van der Waals surface area contributed by atoms with E-state index in [1.54, 1.807) is 12.1 Å². The average molecular weight is 396 g/mol. The van der Waals surface area contributed by atoms with Gasteiger partial charge in [-0.2, -0.15) is 0 Å². The largest absolute Gasteiger partial charge is 0.332 e. The predicted molar refractivity (Wildman–Crippen MR) is 108 cm³/mol. The van der Waals surface area contributed by atoms with Crippen molar-refractivity contribution in [3.05, 3.63) is 78.4 Å². The lowest BCUT2D eigenvalue weighted by Crippen LogP contribution is -2.21. The number of nitrogens with zero attached hydrogens (tertiary/aromatic N) is 1. The van der Waals surface area contributed by atoms with Crippen molar-refractivity contribution < 1.29 is 13.6 Å². The number of aromatic nitrogens is 1. The van der Waals surface area contributed by atoms with Crippen LogP contribution in [0.2, 0.25) is 0 Å². The number of hydrogen-bond donors (Lipinski definition) is 3. The molecule has 3 aromatic carbocycles. The number of thiazole rings is 1. The second-order valence-electron chi connectivity index (χ2n) is 5.84. The molecule has 0 radical (unpaired) electrons. The molecule has 0 aliphatic carbocycles. The van der Waals surface area contributed by atoms with Crippen molar-refractivity contribution in [3.8, 4) is 0 Å². The van der Waals surface area contributed by atoms with Gasteiger partial charge in [0.1, 0.15) is 17.3 Å². The van der Waals surface area contributed by atoms with E-state index >= 15 is 0 Å². The van der Waals surface area contributed by atoms with Gasteiger partial charge in [0, 0.05) is 5.69 Å². The van der Waals surface area contributed by atoms with Crippen LogP contribution in [0.25, 0.3) is 10.2 Å². The molecule has 1 aromatic heterocycles. The fourth-order valence-corrected chi connectivity index (χ4v) is 3.58. The van der Waals surface area contributed by atoms with Gasteiger partial charge in [-0.1, -0.05) is 41.7 Å². The molecule has 0 aliphatic rings. The van der Waals surface area contributed by atoms with Gasteiger partial charge in [0.25, 0.3) is 0 Å². The molecule has 1 heterocycles. The van der Waals surface area contributed by atoms with Gasteiger partial charge in [-0.05, 0) is 36.4 Å². The topological polar surface area (TPSA) is 66.0 Å². The van der Waals surface area contributed by atoms with Gasteiger partial charge in [-0.3, -0.25) is 0 Å². The lowest BCUT2D eigenvalue weighted by molar-refractivity contribution is 0.262. The van der Waals surface area contributed by atoms with Crippen LogP contribution in [-0.4, -0.2) is 11.0 Å². The summed E-state index contributed by atoms with van der Waals surface area (Å²) in [5.74, 6) is -1.69. The van der Waals surface area contributed by atoms with Crippen LogP contribution in [0.5, 0.6) is 0 Å². The Hall–Kier alpha value is -3.52. The first-order valence-electron chi connectivity index (χ1n) is 8.34. The Balaban J connectivity index is 1.56. The van der Waals surface area contributed by atoms with Crippen LogP contribution in [0.15, 0.2) is 66.7 Å². The number of para-hydroxylation sites is 2. The molecule has 0 saturated carbocycles. The van der Waals surface area contributed by atoms with E-state index in [1.165, 1.54) is 17.4 Å². The van der Waals surface area contributed by atoms with Crippen LogP contribution in [-0.2, 0) is 0 Å². The van der Waals surface area contributed by atoms with Gasteiger partial charge in [0.2, 0.25) is 0 Å². The van der Waals surface area contributed by atoms with Crippen molar-refractivity contribution in [3.63, 3.8) is 0 Å². The predicted octanol–water partition coefficient (Wildman–Crippen LogP) is 5.96. The van der Waals surface area contributed by atoms with Crippen molar-refractivity contribution in [1.29, 1.82) is 0 Å². The number of halogens is 2. The molecule has 5 nitrogen and oxygen atoms in total. The SMILES string of the molecule is O=C(Nc1c(F)cccc1F)Nc1cccc2nc(Nc3ccccc3)sc12. The van der Waals surface area contributed by atoms with Crippen LogP contribution in [0.3, 0.4) is 0 Å². The van der Waals surface area contributed by atoms with Gasteiger partial charge in [-0.15, -0.1) is 0 Å². The number of nitrogens with one attached hydrogen (secondary N) is 3. The zero-order chi connectivity index (χ0) is 19.5. The third kappa shape index (κ3) is 3.77. The maximum Gasteiger partial charge on any atom is 0.323 e. The molecule has 0 aliphatic heterocycles. The van der Waals surface area contributed by atoms with E-state index in [0.29, 0.717) is 16.3 Å². The van der Waals surface area contributed by atoms with E-state index < -0.39 is 23.4 Å². The van der Waals surface area contributed by atoms with Gasteiger partial charge in [0.05, 0.1) is 15.9 Å². The normalized spacial score (nSPS) is 10.6. The Labute approximate surface area is 163 Å². The van der Waals surface area contributed by atoms with Gasteiger partial charge in [-0.25, -0.2) is 18.6 Å². The number of rotatable bonds is 4. The number of fused-ring (bicyclic) bond motifs is 1. The van der Waals surface area contributed by atoms with E-state index in [0.717, 1.165) is 22.5 Å². The summed E-state index contributed by atoms with van der Waals surface area (Å²) in [5.41, 5.74) is 1.58. The van der Waals surface area contributed by atoms with Crippen molar-refractivity contribution in [2.45, 2.75) is 0 Å². The summed E-state index contributed by atoms with van der Waals surface area (Å²) < 4.78 is 28.2. The molecule has 0 unspecified atom stereocenters. The molecule has 8 heteroatoms. The highest BCUT2D eigenvalue weighted by Crippen LogP contribution is 2.33. The Morgan fingerprint density at radius 3 is 2.32 bits per heavy atom. The number of benzene rings is 3. The summed E-state index contributed by atoms with van der Waals surface area (Å²) in [6.45, 7) is 0. The number of hydrogen-bond acceptors (Lipinski definition) is 4. The lowest BCUT2D eigenvalue weighted by atomic mass is 10.3. The molecule has 4 aromatic rings. The maximum absolute atomic E-state index is 13.7. The first-order valence-corrected chi connectivity index (χ1v) is 9.15. The number of anilines is 4. The minimum absolute atomic E-state index is 0.491. The van der Waals surface area contributed by atoms with E-state index in [2.05, 4.69) is 20.9 Å². The van der Waals surface area contributed by atoms with Gasteiger partial charge < -0.3 is 16.0 Å². The number of urea groups is 1. The summed E-state index contributed by atoms with van der Waals surface area (Å²) in [7, 11) is 0. The van der Waals surface area contributed by atoms with Crippen molar-refractivity contribution >= 4 is 49.8 Å². The summed E-state index contributed by atoms with van der Waals surface area (Å²) in [5, 5.41) is 8.70. The molecule has 0 fully saturated rings. The van der Waals surface area contributed by atoms with Crippen LogP contribution < -0.4 is 16.0 Å². The molecule has 2 amide bonds. The fourth-order valence-electron chi connectivity index (χ4n) is 2.63. The summed E-state index contributed by atoms with van der Waals surface area (Å²) >= 11 is 1.36. The van der Waals surface area contributed by atoms with Crippen LogP contribution >= 0.6 is 11.3 Å². The van der Waals surface area contributed by atoms with Crippen molar-refractivity contribution in [2.24, 2.45) is 0 Å². The quantitative estimate of drug-likeness (QED) is 0.399. The highest BCUT2D eigenvalue weighted by Gasteiger charge is 2.14. The smallest absolute Gasteiger partial charge is 0.323 e. The number of amides is 2. The van der Waals surface area contributed by atoms with Crippen LogP contribution in [0, 0.1) is 11.6 Å². The summed E-state index contributed by atoms with van der Waals surface area (Å²) in [4.78, 5) is 16.7. The third-order valence-electron chi connectivity index (χ3n) is 3.89. The average Bonchev–Trinajstić information content (AvgIpc) is 3.09. The minimum Gasteiger partial charge on any atom is -0.332 e. The number of carbonyl (C=O) groups excluding carboxylic acids is 1. The van der Waals surface area contributed by atoms with Crippen LogP contribution in [0.1, 0.15) is 0 Å². The molecular weight excluding hydrogens is 382 g/mol. The second kappa shape index (κ2) is 7.61. The summed E-state index contributed by atoms with van der Waals surface area (Å²) in [6, 6.07) is 17.5. The monoisotopic (exact) mass is 396 g/mol. The molecule has 0 spiro atoms. The van der Waals surface area contributed by atoms with E-state index in [9.17, 15) is 13.6 Å².